The fourth-order valence-corrected chi connectivity index (χ4v) is 2.39. The molecule has 0 atom stereocenters. The van der Waals surface area contributed by atoms with Crippen LogP contribution in [0, 0.1) is 18.6 Å². The summed E-state index contributed by atoms with van der Waals surface area (Å²) in [4.78, 5) is 12.0. The Hall–Kier alpha value is -1.95. The molecule has 0 spiro atoms. The smallest absolute Gasteiger partial charge is 0.258 e. The van der Waals surface area contributed by atoms with E-state index in [1.807, 2.05) is 0 Å². The van der Waals surface area contributed by atoms with Gasteiger partial charge in [0.05, 0.1) is 16.9 Å². The normalized spacial score (nSPS) is 10.4. The molecule has 20 heavy (non-hydrogen) atoms. The van der Waals surface area contributed by atoms with E-state index in [4.69, 9.17) is 5.73 Å². The summed E-state index contributed by atoms with van der Waals surface area (Å²) in [6, 6.07) is 6.80. The van der Waals surface area contributed by atoms with Crippen LogP contribution in [-0.2, 0) is 0 Å². The Labute approximate surface area is 122 Å². The van der Waals surface area contributed by atoms with Gasteiger partial charge in [0.25, 0.3) is 5.91 Å². The average Bonchev–Trinajstić information content (AvgIpc) is 2.36. The lowest BCUT2D eigenvalue weighted by atomic mass is 10.1. The van der Waals surface area contributed by atoms with E-state index in [0.29, 0.717) is 16.9 Å². The molecule has 2 aromatic rings. The summed E-state index contributed by atoms with van der Waals surface area (Å²) in [5, 5.41) is 2.50. The number of hydrogen-bond donors (Lipinski definition) is 2. The largest absolute Gasteiger partial charge is 0.397 e. The molecule has 3 N–H and O–H groups in total. The molecule has 0 unspecified atom stereocenters. The van der Waals surface area contributed by atoms with Crippen LogP contribution in [0.25, 0.3) is 0 Å². The van der Waals surface area contributed by atoms with Crippen LogP contribution in [0.4, 0.5) is 20.2 Å². The SMILES string of the molecule is Cc1cc(Br)cc(N)c1NC(=O)c1cccc(F)c1F. The van der Waals surface area contributed by atoms with E-state index in [1.165, 1.54) is 12.1 Å². The van der Waals surface area contributed by atoms with Gasteiger partial charge in [0.15, 0.2) is 11.6 Å². The second-order valence-electron chi connectivity index (χ2n) is 4.24. The standard InChI is InChI=1S/C14H11BrF2N2O/c1-7-5-8(15)6-11(18)13(7)19-14(20)9-3-2-4-10(16)12(9)17/h2-6H,18H2,1H3,(H,19,20). The Morgan fingerprint density at radius 2 is 2.00 bits per heavy atom. The van der Waals surface area contributed by atoms with Crippen LogP contribution in [0.2, 0.25) is 0 Å². The molecule has 0 heterocycles. The molecule has 2 aromatic carbocycles. The van der Waals surface area contributed by atoms with Crippen molar-refractivity contribution >= 4 is 33.2 Å². The highest BCUT2D eigenvalue weighted by molar-refractivity contribution is 9.10. The van der Waals surface area contributed by atoms with Crippen molar-refractivity contribution in [2.24, 2.45) is 0 Å². The first kappa shape index (κ1) is 14.5. The number of nitrogens with two attached hydrogens (primary N) is 1. The van der Waals surface area contributed by atoms with E-state index >= 15 is 0 Å². The van der Waals surface area contributed by atoms with Gasteiger partial charge in [-0.1, -0.05) is 22.0 Å². The quantitative estimate of drug-likeness (QED) is 0.815. The number of aryl methyl sites for hydroxylation is 1. The zero-order chi connectivity index (χ0) is 14.9. The maximum absolute atomic E-state index is 13.5. The molecule has 0 aliphatic carbocycles. The zero-order valence-electron chi connectivity index (χ0n) is 10.5. The summed E-state index contributed by atoms with van der Waals surface area (Å²) in [7, 11) is 0. The summed E-state index contributed by atoms with van der Waals surface area (Å²) in [6.45, 7) is 1.75. The number of carbonyl (C=O) groups is 1. The van der Waals surface area contributed by atoms with Gasteiger partial charge in [-0.05, 0) is 36.8 Å². The first-order valence-electron chi connectivity index (χ1n) is 5.71. The molecule has 0 radical (unpaired) electrons. The predicted octanol–water partition coefficient (Wildman–Crippen LogP) is 3.87. The number of nitrogen functional groups attached to an aromatic ring is 1. The number of carbonyl (C=O) groups excluding carboxylic acids is 1. The number of amides is 1. The number of rotatable bonds is 2. The van der Waals surface area contributed by atoms with Gasteiger partial charge in [-0.25, -0.2) is 8.78 Å². The third-order valence-corrected chi connectivity index (χ3v) is 3.22. The number of hydrogen-bond acceptors (Lipinski definition) is 2. The van der Waals surface area contributed by atoms with Crippen LogP contribution >= 0.6 is 15.9 Å². The summed E-state index contributed by atoms with van der Waals surface area (Å²) in [5.74, 6) is -3.00. The minimum atomic E-state index is -1.18. The highest BCUT2D eigenvalue weighted by atomic mass is 79.9. The molecule has 1 amide bonds. The Bertz CT molecular complexity index is 666. The molecule has 104 valence electrons. The second kappa shape index (κ2) is 5.58. The van der Waals surface area contributed by atoms with Gasteiger partial charge in [-0.15, -0.1) is 0 Å². The molecule has 0 aliphatic rings. The van der Waals surface area contributed by atoms with Crippen molar-refractivity contribution in [3.05, 3.63) is 57.6 Å². The van der Waals surface area contributed by atoms with Gasteiger partial charge in [0, 0.05) is 4.47 Å². The number of halogens is 3. The Kier molecular flexibility index (Phi) is 4.04. The van der Waals surface area contributed by atoms with Crippen LogP contribution in [0.3, 0.4) is 0 Å². The lowest BCUT2D eigenvalue weighted by Gasteiger charge is -2.12. The lowest BCUT2D eigenvalue weighted by molar-refractivity contribution is 0.102. The molecule has 3 nitrogen and oxygen atoms in total. The topological polar surface area (TPSA) is 55.1 Å². The minimum Gasteiger partial charge on any atom is -0.397 e. The third-order valence-electron chi connectivity index (χ3n) is 2.77. The monoisotopic (exact) mass is 340 g/mol. The van der Waals surface area contributed by atoms with Crippen molar-refractivity contribution in [3.8, 4) is 0 Å². The average molecular weight is 341 g/mol. The highest BCUT2D eigenvalue weighted by Gasteiger charge is 2.17. The van der Waals surface area contributed by atoms with Crippen LogP contribution in [0.5, 0.6) is 0 Å². The molecule has 0 bridgehead atoms. The van der Waals surface area contributed by atoms with Crippen molar-refractivity contribution in [1.29, 1.82) is 0 Å². The Morgan fingerprint density at radius 1 is 1.30 bits per heavy atom. The van der Waals surface area contributed by atoms with Gasteiger partial charge in [-0.2, -0.15) is 0 Å². The second-order valence-corrected chi connectivity index (χ2v) is 5.16. The van der Waals surface area contributed by atoms with Gasteiger partial charge in [0.1, 0.15) is 0 Å². The van der Waals surface area contributed by atoms with Crippen molar-refractivity contribution in [3.63, 3.8) is 0 Å². The van der Waals surface area contributed by atoms with Crippen molar-refractivity contribution in [2.45, 2.75) is 6.92 Å². The lowest BCUT2D eigenvalue weighted by Crippen LogP contribution is -2.16. The molecule has 0 saturated heterocycles. The van der Waals surface area contributed by atoms with E-state index in [2.05, 4.69) is 21.2 Å². The summed E-state index contributed by atoms with van der Waals surface area (Å²) >= 11 is 3.28. The zero-order valence-corrected chi connectivity index (χ0v) is 12.1. The first-order chi connectivity index (χ1) is 9.40. The van der Waals surface area contributed by atoms with Crippen LogP contribution < -0.4 is 11.1 Å². The molecule has 0 fully saturated rings. The molecule has 0 aliphatic heterocycles. The van der Waals surface area contributed by atoms with E-state index < -0.39 is 17.5 Å². The van der Waals surface area contributed by atoms with Gasteiger partial charge in [-0.3, -0.25) is 4.79 Å². The minimum absolute atomic E-state index is 0.335. The molecule has 6 heteroatoms. The van der Waals surface area contributed by atoms with Crippen LogP contribution in [-0.4, -0.2) is 5.91 Å². The van der Waals surface area contributed by atoms with Gasteiger partial charge in [0.2, 0.25) is 0 Å². The molecular formula is C14H11BrF2N2O. The fourth-order valence-electron chi connectivity index (χ4n) is 1.80. The van der Waals surface area contributed by atoms with E-state index in [0.717, 1.165) is 10.5 Å². The van der Waals surface area contributed by atoms with Crippen LogP contribution in [0.15, 0.2) is 34.8 Å². The Balaban J connectivity index is 2.36. The summed E-state index contributed by atoms with van der Waals surface area (Å²) in [5.41, 5.74) is 6.86. The van der Waals surface area contributed by atoms with Crippen molar-refractivity contribution in [1.82, 2.24) is 0 Å². The molecule has 2 rings (SSSR count). The maximum atomic E-state index is 13.5. The van der Waals surface area contributed by atoms with E-state index in [1.54, 1.807) is 19.1 Å². The molecular weight excluding hydrogens is 330 g/mol. The third kappa shape index (κ3) is 2.80. The number of nitrogens with one attached hydrogen (secondary N) is 1. The van der Waals surface area contributed by atoms with Crippen LogP contribution in [0.1, 0.15) is 15.9 Å². The number of anilines is 2. The highest BCUT2D eigenvalue weighted by Crippen LogP contribution is 2.28. The molecule has 0 saturated carbocycles. The number of benzene rings is 2. The maximum Gasteiger partial charge on any atom is 0.258 e. The molecule has 0 aromatic heterocycles. The van der Waals surface area contributed by atoms with Crippen molar-refractivity contribution < 1.29 is 13.6 Å². The van der Waals surface area contributed by atoms with Gasteiger partial charge >= 0.3 is 0 Å². The van der Waals surface area contributed by atoms with Gasteiger partial charge < -0.3 is 11.1 Å². The van der Waals surface area contributed by atoms with E-state index in [9.17, 15) is 13.6 Å². The van der Waals surface area contributed by atoms with E-state index in [-0.39, 0.29) is 5.56 Å². The predicted molar refractivity (Wildman–Crippen MR) is 77.6 cm³/mol. The first-order valence-corrected chi connectivity index (χ1v) is 6.50. The summed E-state index contributed by atoms with van der Waals surface area (Å²) < 4.78 is 27.4. The summed E-state index contributed by atoms with van der Waals surface area (Å²) in [6.07, 6.45) is 0. The fraction of sp³-hybridized carbons (Fsp3) is 0.0714. The Morgan fingerprint density at radius 3 is 2.65 bits per heavy atom. The van der Waals surface area contributed by atoms with Crippen molar-refractivity contribution in [2.75, 3.05) is 11.1 Å².